The van der Waals surface area contributed by atoms with Crippen LogP contribution in [0.3, 0.4) is 0 Å². The van der Waals surface area contributed by atoms with Gasteiger partial charge in [-0.2, -0.15) is 0 Å². The number of likely N-dealkylation sites (tertiary alicyclic amines) is 1. The van der Waals surface area contributed by atoms with Gasteiger partial charge in [0.15, 0.2) is 0 Å². The molecule has 1 N–H and O–H groups in total. The molecule has 0 bridgehead atoms. The van der Waals surface area contributed by atoms with Crippen molar-refractivity contribution >= 4 is 33.2 Å². The van der Waals surface area contributed by atoms with E-state index in [0.717, 1.165) is 27.2 Å². The molecule has 1 aromatic carbocycles. The number of nitrogens with zero attached hydrogens (tertiary/aromatic N) is 1. The van der Waals surface area contributed by atoms with E-state index in [-0.39, 0.29) is 11.9 Å². The number of aliphatic carboxylic acids is 1. The van der Waals surface area contributed by atoms with E-state index in [2.05, 4.69) is 20.8 Å². The third-order valence-electron chi connectivity index (χ3n) is 4.52. The van der Waals surface area contributed by atoms with Crippen molar-refractivity contribution in [1.82, 2.24) is 4.90 Å². The molecule has 0 spiro atoms. The summed E-state index contributed by atoms with van der Waals surface area (Å²) >= 11 is 5.05. The molecule has 25 heavy (non-hydrogen) atoms. The number of methoxy groups -OCH3 is 1. The van der Waals surface area contributed by atoms with E-state index in [1.165, 1.54) is 12.1 Å². The molecule has 4 nitrogen and oxygen atoms in total. The number of halogens is 2. The van der Waals surface area contributed by atoms with Crippen LogP contribution in [0.25, 0.3) is 0 Å². The molecule has 0 radical (unpaired) electrons. The molecule has 1 saturated heterocycles. The van der Waals surface area contributed by atoms with Crippen LogP contribution in [0.1, 0.15) is 29.3 Å². The number of piperidine rings is 1. The number of rotatable bonds is 5. The molecule has 0 amide bonds. The first-order valence-electron chi connectivity index (χ1n) is 8.05. The SMILES string of the molecule is COc1ccc(F)cc1C(c1ccc(Br)s1)N1CCCC(C(=O)O)C1. The fourth-order valence-corrected chi connectivity index (χ4v) is 4.94. The maximum absolute atomic E-state index is 14.0. The zero-order valence-corrected chi connectivity index (χ0v) is 16.1. The van der Waals surface area contributed by atoms with Crippen LogP contribution in [-0.2, 0) is 4.79 Å². The maximum atomic E-state index is 14.0. The maximum Gasteiger partial charge on any atom is 0.307 e. The monoisotopic (exact) mass is 427 g/mol. The molecule has 2 atom stereocenters. The van der Waals surface area contributed by atoms with Crippen molar-refractivity contribution in [2.24, 2.45) is 5.92 Å². The summed E-state index contributed by atoms with van der Waals surface area (Å²) in [7, 11) is 1.56. The molecule has 1 aliphatic heterocycles. The Bertz CT molecular complexity index is 767. The average Bonchev–Trinajstić information content (AvgIpc) is 3.01. The van der Waals surface area contributed by atoms with Crippen LogP contribution in [0.2, 0.25) is 0 Å². The first kappa shape index (κ1) is 18.4. The number of hydrogen-bond acceptors (Lipinski definition) is 4. The van der Waals surface area contributed by atoms with Gasteiger partial charge in [0.2, 0.25) is 0 Å². The summed E-state index contributed by atoms with van der Waals surface area (Å²) in [6.07, 6.45) is 1.48. The molecule has 1 aromatic heterocycles. The number of carboxylic acids is 1. The minimum absolute atomic E-state index is 0.232. The van der Waals surface area contributed by atoms with Gasteiger partial charge in [0.25, 0.3) is 0 Å². The van der Waals surface area contributed by atoms with Crippen molar-refractivity contribution in [1.29, 1.82) is 0 Å². The van der Waals surface area contributed by atoms with Gasteiger partial charge in [-0.15, -0.1) is 11.3 Å². The minimum Gasteiger partial charge on any atom is -0.496 e. The minimum atomic E-state index is -0.776. The largest absolute Gasteiger partial charge is 0.496 e. The molecule has 1 aliphatic rings. The van der Waals surface area contributed by atoms with Crippen LogP contribution >= 0.6 is 27.3 Å². The second kappa shape index (κ2) is 7.85. The molecule has 2 aromatic rings. The van der Waals surface area contributed by atoms with Gasteiger partial charge in [-0.25, -0.2) is 4.39 Å². The predicted molar refractivity (Wildman–Crippen MR) is 98.7 cm³/mol. The quantitative estimate of drug-likeness (QED) is 0.760. The van der Waals surface area contributed by atoms with Crippen LogP contribution in [0.4, 0.5) is 4.39 Å². The van der Waals surface area contributed by atoms with E-state index in [4.69, 9.17) is 4.74 Å². The van der Waals surface area contributed by atoms with Crippen molar-refractivity contribution in [2.75, 3.05) is 20.2 Å². The van der Waals surface area contributed by atoms with E-state index < -0.39 is 11.9 Å². The Morgan fingerprint density at radius 3 is 2.88 bits per heavy atom. The fourth-order valence-electron chi connectivity index (χ4n) is 3.37. The molecule has 2 heterocycles. The summed E-state index contributed by atoms with van der Waals surface area (Å²) in [6.45, 7) is 1.21. The smallest absolute Gasteiger partial charge is 0.307 e. The molecular weight excluding hydrogens is 409 g/mol. The van der Waals surface area contributed by atoms with Crippen LogP contribution in [0.15, 0.2) is 34.1 Å². The van der Waals surface area contributed by atoms with Gasteiger partial charge in [0.05, 0.1) is 22.9 Å². The van der Waals surface area contributed by atoms with Gasteiger partial charge >= 0.3 is 5.97 Å². The Labute approximate surface area is 158 Å². The zero-order chi connectivity index (χ0) is 18.0. The number of carboxylic acid groups (broad SMARTS) is 1. The number of hydrogen-bond donors (Lipinski definition) is 1. The summed E-state index contributed by atoms with van der Waals surface area (Å²) < 4.78 is 20.4. The van der Waals surface area contributed by atoms with Gasteiger partial charge in [0, 0.05) is 17.0 Å². The van der Waals surface area contributed by atoms with Crippen LogP contribution in [0, 0.1) is 11.7 Å². The number of benzene rings is 1. The average molecular weight is 428 g/mol. The van der Waals surface area contributed by atoms with Crippen molar-refractivity contribution in [2.45, 2.75) is 18.9 Å². The van der Waals surface area contributed by atoms with E-state index in [0.29, 0.717) is 18.7 Å². The van der Waals surface area contributed by atoms with Crippen molar-refractivity contribution in [3.05, 3.63) is 50.4 Å². The summed E-state index contributed by atoms with van der Waals surface area (Å²) in [4.78, 5) is 14.6. The number of carbonyl (C=O) groups is 1. The first-order valence-corrected chi connectivity index (χ1v) is 9.66. The Morgan fingerprint density at radius 2 is 2.24 bits per heavy atom. The van der Waals surface area contributed by atoms with Gasteiger partial charge in [-0.3, -0.25) is 9.69 Å². The number of thiophene rings is 1. The summed E-state index contributed by atoms with van der Waals surface area (Å²) in [5, 5.41) is 9.41. The third-order valence-corrected chi connectivity index (χ3v) is 6.19. The lowest BCUT2D eigenvalue weighted by Gasteiger charge is -2.37. The van der Waals surface area contributed by atoms with Gasteiger partial charge < -0.3 is 9.84 Å². The lowest BCUT2D eigenvalue weighted by atomic mass is 9.94. The Kier molecular flexibility index (Phi) is 5.76. The molecule has 0 saturated carbocycles. The molecule has 1 fully saturated rings. The van der Waals surface area contributed by atoms with Gasteiger partial charge in [0.1, 0.15) is 11.6 Å². The molecule has 134 valence electrons. The summed E-state index contributed by atoms with van der Waals surface area (Å²) in [5.74, 6) is -0.905. The second-order valence-corrected chi connectivity index (χ2v) is 8.60. The van der Waals surface area contributed by atoms with Crippen molar-refractivity contribution in [3.8, 4) is 5.75 Å². The lowest BCUT2D eigenvalue weighted by Crippen LogP contribution is -2.41. The second-order valence-electron chi connectivity index (χ2n) is 6.10. The van der Waals surface area contributed by atoms with Gasteiger partial charge in [-0.05, 0) is 65.6 Å². The Balaban J connectivity index is 2.05. The van der Waals surface area contributed by atoms with Gasteiger partial charge in [-0.1, -0.05) is 0 Å². The number of ether oxygens (including phenoxy) is 1. The van der Waals surface area contributed by atoms with E-state index in [9.17, 15) is 14.3 Å². The normalized spacial score (nSPS) is 19.6. The van der Waals surface area contributed by atoms with Crippen molar-refractivity contribution < 1.29 is 19.0 Å². The van der Waals surface area contributed by atoms with E-state index in [1.807, 2.05) is 12.1 Å². The highest BCUT2D eigenvalue weighted by Crippen LogP contribution is 2.41. The Morgan fingerprint density at radius 1 is 1.44 bits per heavy atom. The molecule has 2 unspecified atom stereocenters. The summed E-state index contributed by atoms with van der Waals surface area (Å²) in [6, 6.07) is 8.20. The highest BCUT2D eigenvalue weighted by Gasteiger charge is 2.33. The Hall–Kier alpha value is -1.44. The lowest BCUT2D eigenvalue weighted by molar-refractivity contribution is -0.143. The molecule has 0 aliphatic carbocycles. The molecule has 7 heteroatoms. The molecule has 3 rings (SSSR count). The zero-order valence-electron chi connectivity index (χ0n) is 13.7. The topological polar surface area (TPSA) is 49.8 Å². The van der Waals surface area contributed by atoms with E-state index >= 15 is 0 Å². The standard InChI is InChI=1S/C18H19BrFNO3S/c1-24-14-5-4-12(20)9-13(14)17(15-6-7-16(19)25-15)21-8-2-3-11(10-21)18(22)23/h4-7,9,11,17H,2-3,8,10H2,1H3,(H,22,23). The third kappa shape index (κ3) is 4.04. The van der Waals surface area contributed by atoms with Crippen LogP contribution in [-0.4, -0.2) is 36.2 Å². The highest BCUT2D eigenvalue weighted by molar-refractivity contribution is 9.11. The predicted octanol–water partition coefficient (Wildman–Crippen LogP) is 4.54. The highest BCUT2D eigenvalue weighted by atomic mass is 79.9. The summed E-state index contributed by atoms with van der Waals surface area (Å²) in [5.41, 5.74) is 0.725. The van der Waals surface area contributed by atoms with Crippen molar-refractivity contribution in [3.63, 3.8) is 0 Å². The van der Waals surface area contributed by atoms with E-state index in [1.54, 1.807) is 24.5 Å². The molecular formula is C18H19BrFNO3S. The fraction of sp³-hybridized carbons (Fsp3) is 0.389. The van der Waals surface area contributed by atoms with Crippen LogP contribution < -0.4 is 4.74 Å². The first-order chi connectivity index (χ1) is 12.0. The van der Waals surface area contributed by atoms with Crippen LogP contribution in [0.5, 0.6) is 5.75 Å².